The molecule has 0 aliphatic heterocycles. The van der Waals surface area contributed by atoms with Crippen LogP contribution >= 0.6 is 0 Å². The van der Waals surface area contributed by atoms with Crippen LogP contribution in [0.2, 0.25) is 0 Å². The van der Waals surface area contributed by atoms with Gasteiger partial charge in [0.05, 0.1) is 5.39 Å². The molecule has 0 saturated carbocycles. The molecule has 0 aliphatic carbocycles. The topological polar surface area (TPSA) is 63.2 Å². The highest BCUT2D eigenvalue weighted by Gasteiger charge is 2.07. The van der Waals surface area contributed by atoms with Crippen LogP contribution < -0.4 is 10.2 Å². The van der Waals surface area contributed by atoms with Crippen molar-refractivity contribution in [3.63, 3.8) is 0 Å². The maximum Gasteiger partial charge on any atom is 0.210 e. The molecule has 0 amide bonds. The third-order valence-corrected chi connectivity index (χ3v) is 2.85. The van der Waals surface area contributed by atoms with E-state index in [1.165, 1.54) is 0 Å². The van der Waals surface area contributed by atoms with Crippen molar-refractivity contribution < 1.29 is 9.15 Å². The standard InChI is InChI=1S/C16H9NO3/c17-9-11-10-19-15-8-13(6-7-14(15)16(11)18)20-12-4-2-1-3-5-12/h1-8,10H. The Morgan fingerprint density at radius 2 is 1.85 bits per heavy atom. The fourth-order valence-electron chi connectivity index (χ4n) is 1.87. The van der Waals surface area contributed by atoms with Crippen LogP contribution in [0.4, 0.5) is 0 Å². The van der Waals surface area contributed by atoms with Crippen molar-refractivity contribution in [1.82, 2.24) is 0 Å². The summed E-state index contributed by atoms with van der Waals surface area (Å²) >= 11 is 0. The summed E-state index contributed by atoms with van der Waals surface area (Å²) in [5.74, 6) is 1.26. The van der Waals surface area contributed by atoms with Crippen molar-refractivity contribution in [2.75, 3.05) is 0 Å². The summed E-state index contributed by atoms with van der Waals surface area (Å²) < 4.78 is 10.9. The van der Waals surface area contributed by atoms with Gasteiger partial charge in [0, 0.05) is 6.07 Å². The van der Waals surface area contributed by atoms with Crippen molar-refractivity contribution in [2.24, 2.45) is 0 Å². The molecule has 20 heavy (non-hydrogen) atoms. The van der Waals surface area contributed by atoms with E-state index >= 15 is 0 Å². The second-order valence-corrected chi connectivity index (χ2v) is 4.16. The number of hydrogen-bond donors (Lipinski definition) is 0. The van der Waals surface area contributed by atoms with Crippen LogP contribution in [0.15, 0.2) is 64.0 Å². The predicted molar refractivity (Wildman–Crippen MR) is 73.7 cm³/mol. The molecule has 3 rings (SSSR count). The molecule has 0 unspecified atom stereocenters. The lowest BCUT2D eigenvalue weighted by atomic mass is 10.2. The van der Waals surface area contributed by atoms with Gasteiger partial charge in [0.1, 0.15) is 35.0 Å². The van der Waals surface area contributed by atoms with E-state index < -0.39 is 0 Å². The highest BCUT2D eigenvalue weighted by atomic mass is 16.5. The Bertz CT molecular complexity index is 860. The second-order valence-electron chi connectivity index (χ2n) is 4.16. The maximum atomic E-state index is 11.9. The smallest absolute Gasteiger partial charge is 0.210 e. The van der Waals surface area contributed by atoms with Gasteiger partial charge in [-0.3, -0.25) is 4.79 Å². The molecule has 0 fully saturated rings. The third-order valence-electron chi connectivity index (χ3n) is 2.85. The van der Waals surface area contributed by atoms with Crippen molar-refractivity contribution in [3.8, 4) is 17.6 Å². The summed E-state index contributed by atoms with van der Waals surface area (Å²) in [5, 5.41) is 9.16. The summed E-state index contributed by atoms with van der Waals surface area (Å²) in [6.07, 6.45) is 1.16. The van der Waals surface area contributed by atoms with Crippen LogP contribution in [-0.2, 0) is 0 Å². The number of ether oxygens (including phenoxy) is 1. The fourth-order valence-corrected chi connectivity index (χ4v) is 1.87. The lowest BCUT2D eigenvalue weighted by molar-refractivity contribution is 0.481. The Morgan fingerprint density at radius 3 is 2.60 bits per heavy atom. The van der Waals surface area contributed by atoms with Crippen molar-refractivity contribution in [3.05, 3.63) is 70.6 Å². The first kappa shape index (κ1) is 12.0. The molecule has 96 valence electrons. The Balaban J connectivity index is 2.04. The summed E-state index contributed by atoms with van der Waals surface area (Å²) in [5.41, 5.74) is 0.0525. The van der Waals surface area contributed by atoms with Gasteiger partial charge in [-0.15, -0.1) is 0 Å². The van der Waals surface area contributed by atoms with E-state index in [0.29, 0.717) is 22.5 Å². The molecule has 2 aromatic carbocycles. The molecule has 3 aromatic rings. The largest absolute Gasteiger partial charge is 0.463 e. The molecule has 0 aliphatic rings. The normalized spacial score (nSPS) is 10.2. The molecular weight excluding hydrogens is 254 g/mol. The number of rotatable bonds is 2. The van der Waals surface area contributed by atoms with Gasteiger partial charge in [0.15, 0.2) is 0 Å². The van der Waals surface area contributed by atoms with Crippen molar-refractivity contribution >= 4 is 11.0 Å². The number of nitrogens with zero attached hydrogens (tertiary/aromatic N) is 1. The predicted octanol–water partition coefficient (Wildman–Crippen LogP) is 3.46. The zero-order valence-corrected chi connectivity index (χ0v) is 10.4. The number of para-hydroxylation sites is 1. The number of nitriles is 1. The molecule has 1 heterocycles. The molecule has 0 atom stereocenters. The van der Waals surface area contributed by atoms with Crippen LogP contribution in [0, 0.1) is 11.3 Å². The molecule has 0 N–H and O–H groups in total. The van der Waals surface area contributed by atoms with Gasteiger partial charge < -0.3 is 9.15 Å². The van der Waals surface area contributed by atoms with Gasteiger partial charge >= 0.3 is 0 Å². The summed E-state index contributed by atoms with van der Waals surface area (Å²) in [6, 6.07) is 16.0. The first-order valence-electron chi connectivity index (χ1n) is 5.96. The van der Waals surface area contributed by atoms with Gasteiger partial charge in [0.25, 0.3) is 0 Å². The summed E-state index contributed by atoms with van der Waals surface area (Å²) in [6.45, 7) is 0. The minimum absolute atomic E-state index is 0.00534. The Labute approximate surface area is 114 Å². The first-order valence-corrected chi connectivity index (χ1v) is 5.96. The van der Waals surface area contributed by atoms with Crippen LogP contribution in [0.1, 0.15) is 5.56 Å². The van der Waals surface area contributed by atoms with E-state index in [4.69, 9.17) is 14.4 Å². The van der Waals surface area contributed by atoms with Crippen LogP contribution in [-0.4, -0.2) is 0 Å². The number of benzene rings is 2. The maximum absolute atomic E-state index is 11.9. The molecule has 0 radical (unpaired) electrons. The monoisotopic (exact) mass is 263 g/mol. The summed E-state index contributed by atoms with van der Waals surface area (Å²) in [4.78, 5) is 11.9. The molecule has 1 aromatic heterocycles. The minimum Gasteiger partial charge on any atom is -0.463 e. The molecule has 4 heteroatoms. The van der Waals surface area contributed by atoms with Gasteiger partial charge in [-0.2, -0.15) is 5.26 Å². The van der Waals surface area contributed by atoms with Gasteiger partial charge in [-0.25, -0.2) is 0 Å². The molecule has 4 nitrogen and oxygen atoms in total. The van der Waals surface area contributed by atoms with Crippen LogP contribution in [0.5, 0.6) is 11.5 Å². The Morgan fingerprint density at radius 1 is 1.05 bits per heavy atom. The zero-order chi connectivity index (χ0) is 13.9. The van der Waals surface area contributed by atoms with Crippen molar-refractivity contribution in [2.45, 2.75) is 0 Å². The second kappa shape index (κ2) is 4.90. The summed E-state index contributed by atoms with van der Waals surface area (Å²) in [7, 11) is 0. The van der Waals surface area contributed by atoms with E-state index in [1.54, 1.807) is 24.3 Å². The van der Waals surface area contributed by atoms with E-state index in [1.807, 2.05) is 30.3 Å². The Kier molecular flexibility index (Phi) is 2.94. The van der Waals surface area contributed by atoms with Gasteiger partial charge in [-0.05, 0) is 24.3 Å². The number of hydrogen-bond acceptors (Lipinski definition) is 4. The highest BCUT2D eigenvalue weighted by Crippen LogP contribution is 2.24. The average Bonchev–Trinajstić information content (AvgIpc) is 2.49. The Hall–Kier alpha value is -3.06. The number of fused-ring (bicyclic) bond motifs is 1. The van der Waals surface area contributed by atoms with E-state index in [9.17, 15) is 4.79 Å². The molecule has 0 bridgehead atoms. The van der Waals surface area contributed by atoms with Crippen LogP contribution in [0.25, 0.3) is 11.0 Å². The lowest BCUT2D eigenvalue weighted by Crippen LogP contribution is -2.05. The van der Waals surface area contributed by atoms with E-state index in [2.05, 4.69) is 0 Å². The fraction of sp³-hybridized carbons (Fsp3) is 0. The van der Waals surface area contributed by atoms with E-state index in [0.717, 1.165) is 6.26 Å². The van der Waals surface area contributed by atoms with Gasteiger partial charge in [-0.1, -0.05) is 18.2 Å². The first-order chi connectivity index (χ1) is 9.78. The minimum atomic E-state index is -0.333. The van der Waals surface area contributed by atoms with Gasteiger partial charge in [0.2, 0.25) is 5.43 Å². The zero-order valence-electron chi connectivity index (χ0n) is 10.4. The quantitative estimate of drug-likeness (QED) is 0.710. The molecule has 0 saturated heterocycles. The van der Waals surface area contributed by atoms with Crippen LogP contribution in [0.3, 0.4) is 0 Å². The van der Waals surface area contributed by atoms with E-state index in [-0.39, 0.29) is 11.0 Å². The highest BCUT2D eigenvalue weighted by molar-refractivity contribution is 5.79. The molecular formula is C16H9NO3. The lowest BCUT2D eigenvalue weighted by Gasteiger charge is -2.05. The van der Waals surface area contributed by atoms with Crippen molar-refractivity contribution in [1.29, 1.82) is 5.26 Å². The third kappa shape index (κ3) is 2.13. The average molecular weight is 263 g/mol. The molecule has 0 spiro atoms. The SMILES string of the molecule is N#Cc1coc2cc(Oc3ccccc3)ccc2c1=O.